The third-order valence-corrected chi connectivity index (χ3v) is 5.56. The highest BCUT2D eigenvalue weighted by molar-refractivity contribution is 9.08. The van der Waals surface area contributed by atoms with E-state index in [1.165, 1.54) is 24.2 Å². The van der Waals surface area contributed by atoms with Gasteiger partial charge in [0.25, 0.3) is 0 Å². The second-order valence-corrected chi connectivity index (χ2v) is 7.09. The molecule has 110 valence electrons. The van der Waals surface area contributed by atoms with Crippen LogP contribution in [0.15, 0.2) is 24.3 Å². The summed E-state index contributed by atoms with van der Waals surface area (Å²) in [6.07, 6.45) is 2.51. The average molecular weight is 346 g/mol. The summed E-state index contributed by atoms with van der Waals surface area (Å²) < 4.78 is 2.33. The minimum Gasteiger partial charge on any atom is -0.311 e. The van der Waals surface area contributed by atoms with Crippen molar-refractivity contribution in [3.05, 3.63) is 47.0 Å². The van der Waals surface area contributed by atoms with Crippen LogP contribution < -0.4 is 0 Å². The van der Waals surface area contributed by atoms with Crippen LogP contribution in [-0.2, 0) is 11.8 Å². The number of benzene rings is 1. The molecule has 2 aliphatic carbocycles. The van der Waals surface area contributed by atoms with E-state index in [0.717, 1.165) is 17.1 Å². The van der Waals surface area contributed by atoms with Gasteiger partial charge in [0.2, 0.25) is 0 Å². The highest BCUT2D eigenvalue weighted by atomic mass is 79.9. The Morgan fingerprint density at radius 2 is 2.05 bits per heavy atom. The molecule has 0 N–H and O–H groups in total. The van der Waals surface area contributed by atoms with E-state index in [9.17, 15) is 0 Å². The number of fused-ring (bicyclic) bond motifs is 3. The van der Waals surface area contributed by atoms with Crippen molar-refractivity contribution in [2.24, 2.45) is 5.92 Å². The lowest BCUT2D eigenvalue weighted by Crippen LogP contribution is -2.09. The van der Waals surface area contributed by atoms with Crippen LogP contribution in [-0.4, -0.2) is 14.8 Å². The predicted octanol–water partition coefficient (Wildman–Crippen LogP) is 4.20. The Morgan fingerprint density at radius 3 is 2.81 bits per heavy atom. The van der Waals surface area contributed by atoms with Crippen molar-refractivity contribution in [2.45, 2.75) is 49.9 Å². The lowest BCUT2D eigenvalue weighted by Gasteiger charge is -2.13. The molecule has 0 amide bonds. The standard InChI is InChI=1S/C17H20BrN3/c1-10(2)21-14(9-18)19-20-17(21)16-13-8-7-11-5-3-4-6-12(11)15(13)16/h3-6,10,13,15-16H,7-9H2,1-2H3. The van der Waals surface area contributed by atoms with Crippen molar-refractivity contribution in [1.82, 2.24) is 14.8 Å². The van der Waals surface area contributed by atoms with Crippen LogP contribution in [0.25, 0.3) is 0 Å². The molecule has 2 aliphatic rings. The molecule has 1 fully saturated rings. The van der Waals surface area contributed by atoms with Crippen molar-refractivity contribution in [3.8, 4) is 0 Å². The van der Waals surface area contributed by atoms with Crippen molar-refractivity contribution >= 4 is 15.9 Å². The number of rotatable bonds is 3. The van der Waals surface area contributed by atoms with Crippen LogP contribution in [0, 0.1) is 5.92 Å². The van der Waals surface area contributed by atoms with Gasteiger partial charge in [0.1, 0.15) is 11.6 Å². The van der Waals surface area contributed by atoms with E-state index < -0.39 is 0 Å². The van der Waals surface area contributed by atoms with Crippen molar-refractivity contribution < 1.29 is 0 Å². The van der Waals surface area contributed by atoms with Gasteiger partial charge >= 0.3 is 0 Å². The van der Waals surface area contributed by atoms with Gasteiger partial charge in [-0.05, 0) is 49.7 Å². The fraction of sp³-hybridized carbons (Fsp3) is 0.529. The maximum absolute atomic E-state index is 4.55. The van der Waals surface area contributed by atoms with Gasteiger partial charge in [-0.15, -0.1) is 10.2 Å². The summed E-state index contributed by atoms with van der Waals surface area (Å²) in [5.74, 6) is 4.25. The SMILES string of the molecule is CC(C)n1c(CBr)nnc1C1C2CCc3ccccc3C21. The highest BCUT2D eigenvalue weighted by Gasteiger charge is 2.56. The van der Waals surface area contributed by atoms with Gasteiger partial charge < -0.3 is 4.57 Å². The molecule has 1 saturated carbocycles. The van der Waals surface area contributed by atoms with Gasteiger partial charge in [-0.25, -0.2) is 0 Å². The molecule has 1 heterocycles. The molecule has 4 rings (SSSR count). The third-order valence-electron chi connectivity index (χ3n) is 5.06. The molecular formula is C17H20BrN3. The summed E-state index contributed by atoms with van der Waals surface area (Å²) in [6, 6.07) is 9.36. The van der Waals surface area contributed by atoms with Crippen LogP contribution in [0.5, 0.6) is 0 Å². The summed E-state index contributed by atoms with van der Waals surface area (Å²) in [5, 5.41) is 9.72. The zero-order valence-corrected chi connectivity index (χ0v) is 14.0. The number of alkyl halides is 1. The third kappa shape index (κ3) is 1.99. The fourth-order valence-corrected chi connectivity index (χ4v) is 4.52. The molecule has 2 aromatic rings. The average Bonchev–Trinajstić information content (AvgIpc) is 3.08. The first kappa shape index (κ1) is 13.5. The molecular weight excluding hydrogens is 326 g/mol. The van der Waals surface area contributed by atoms with Crippen molar-refractivity contribution in [2.75, 3.05) is 0 Å². The lowest BCUT2D eigenvalue weighted by molar-refractivity contribution is 0.544. The minimum absolute atomic E-state index is 0.417. The van der Waals surface area contributed by atoms with E-state index in [1.807, 2.05) is 0 Å². The normalized spacial score (nSPS) is 26.6. The number of nitrogens with zero attached hydrogens (tertiary/aromatic N) is 3. The minimum atomic E-state index is 0.417. The smallest absolute Gasteiger partial charge is 0.143 e. The Balaban J connectivity index is 1.73. The molecule has 0 radical (unpaired) electrons. The van der Waals surface area contributed by atoms with Crippen LogP contribution in [0.2, 0.25) is 0 Å². The van der Waals surface area contributed by atoms with Gasteiger partial charge in [-0.1, -0.05) is 40.2 Å². The Hall–Kier alpha value is -1.16. The molecule has 4 heteroatoms. The monoisotopic (exact) mass is 345 g/mol. The van der Waals surface area contributed by atoms with E-state index in [0.29, 0.717) is 17.9 Å². The Morgan fingerprint density at radius 1 is 1.24 bits per heavy atom. The molecule has 3 atom stereocenters. The topological polar surface area (TPSA) is 30.7 Å². The fourth-order valence-electron chi connectivity index (χ4n) is 4.14. The van der Waals surface area contributed by atoms with E-state index in [4.69, 9.17) is 0 Å². The number of aromatic nitrogens is 3. The van der Waals surface area contributed by atoms with E-state index in [1.54, 1.807) is 5.56 Å². The zero-order chi connectivity index (χ0) is 14.6. The molecule has 3 unspecified atom stereocenters. The van der Waals surface area contributed by atoms with Gasteiger partial charge in [-0.2, -0.15) is 0 Å². The number of hydrogen-bond acceptors (Lipinski definition) is 2. The second-order valence-electron chi connectivity index (χ2n) is 6.52. The quantitative estimate of drug-likeness (QED) is 0.780. The second kappa shape index (κ2) is 4.94. The van der Waals surface area contributed by atoms with E-state index in [2.05, 4.69) is 68.8 Å². The first-order valence-corrected chi connectivity index (χ1v) is 8.92. The number of hydrogen-bond donors (Lipinski definition) is 0. The number of aryl methyl sites for hydroxylation is 1. The van der Waals surface area contributed by atoms with Crippen LogP contribution in [0.3, 0.4) is 0 Å². The molecule has 0 bridgehead atoms. The Kier molecular flexibility index (Phi) is 3.18. The van der Waals surface area contributed by atoms with E-state index >= 15 is 0 Å². The van der Waals surface area contributed by atoms with Crippen LogP contribution in [0.4, 0.5) is 0 Å². The summed E-state index contributed by atoms with van der Waals surface area (Å²) in [7, 11) is 0. The van der Waals surface area contributed by atoms with Crippen molar-refractivity contribution in [1.29, 1.82) is 0 Å². The predicted molar refractivity (Wildman–Crippen MR) is 86.8 cm³/mol. The van der Waals surface area contributed by atoms with Gasteiger partial charge in [-0.3, -0.25) is 0 Å². The maximum atomic E-state index is 4.55. The maximum Gasteiger partial charge on any atom is 0.143 e. The molecule has 1 aromatic carbocycles. The molecule has 0 spiro atoms. The van der Waals surface area contributed by atoms with E-state index in [-0.39, 0.29) is 0 Å². The zero-order valence-electron chi connectivity index (χ0n) is 12.5. The molecule has 0 saturated heterocycles. The van der Waals surface area contributed by atoms with Crippen LogP contribution >= 0.6 is 15.9 Å². The number of halogens is 1. The van der Waals surface area contributed by atoms with Gasteiger partial charge in [0.05, 0.1) is 5.33 Å². The first-order chi connectivity index (χ1) is 10.2. The first-order valence-electron chi connectivity index (χ1n) is 7.79. The molecule has 0 aliphatic heterocycles. The molecule has 3 nitrogen and oxygen atoms in total. The Labute approximate surface area is 133 Å². The summed E-state index contributed by atoms with van der Waals surface area (Å²) in [4.78, 5) is 0. The lowest BCUT2D eigenvalue weighted by atomic mass is 9.92. The Bertz CT molecular complexity index is 676. The highest BCUT2D eigenvalue weighted by Crippen LogP contribution is 2.64. The summed E-state index contributed by atoms with van der Waals surface area (Å²) in [6.45, 7) is 4.44. The molecule has 1 aromatic heterocycles. The molecule has 21 heavy (non-hydrogen) atoms. The van der Waals surface area contributed by atoms with Gasteiger partial charge in [0, 0.05) is 12.0 Å². The largest absolute Gasteiger partial charge is 0.311 e. The summed E-state index contributed by atoms with van der Waals surface area (Å²) in [5.41, 5.74) is 3.09. The summed E-state index contributed by atoms with van der Waals surface area (Å²) >= 11 is 3.54. The van der Waals surface area contributed by atoms with Crippen LogP contribution in [0.1, 0.15) is 60.9 Å². The van der Waals surface area contributed by atoms with Gasteiger partial charge in [0.15, 0.2) is 0 Å². The van der Waals surface area contributed by atoms with Crippen molar-refractivity contribution in [3.63, 3.8) is 0 Å².